The predicted octanol–water partition coefficient (Wildman–Crippen LogP) is 3.57. The van der Waals surface area contributed by atoms with E-state index in [0.717, 1.165) is 0 Å². The first-order valence-corrected chi connectivity index (χ1v) is 4.73. The summed E-state index contributed by atoms with van der Waals surface area (Å²) >= 11 is 0. The number of hydrogen-bond donors (Lipinski definition) is 0. The molecule has 0 aliphatic heterocycles. The van der Waals surface area contributed by atoms with Crippen molar-refractivity contribution in [3.8, 4) is 5.88 Å². The zero-order chi connectivity index (χ0) is 11.9. The maximum absolute atomic E-state index is 11.7. The molecule has 5 heteroatoms. The summed E-state index contributed by atoms with van der Waals surface area (Å²) in [5, 5.41) is 0. The molecule has 1 aromatic heterocycles. The van der Waals surface area contributed by atoms with Gasteiger partial charge >= 0.3 is 6.36 Å². The topological polar surface area (TPSA) is 22.1 Å². The number of rotatable bonds is 2. The second-order valence-corrected chi connectivity index (χ2v) is 2.37. The molecule has 86 valence electrons. The van der Waals surface area contributed by atoms with Gasteiger partial charge in [0.2, 0.25) is 5.88 Å². The highest BCUT2D eigenvalue weighted by Crippen LogP contribution is 2.20. The largest absolute Gasteiger partial charge is 0.574 e. The van der Waals surface area contributed by atoms with E-state index in [2.05, 4.69) is 9.72 Å². The Bertz CT molecular complexity index is 286. The molecule has 1 rings (SSSR count). The summed E-state index contributed by atoms with van der Waals surface area (Å²) in [6, 6.07) is 4.29. The van der Waals surface area contributed by atoms with Crippen molar-refractivity contribution in [2.45, 2.75) is 33.6 Å². The van der Waals surface area contributed by atoms with Crippen LogP contribution >= 0.6 is 0 Å². The third kappa shape index (κ3) is 5.93. The highest BCUT2D eigenvalue weighted by molar-refractivity contribution is 5.15. The van der Waals surface area contributed by atoms with E-state index in [0.29, 0.717) is 12.1 Å². The van der Waals surface area contributed by atoms with Crippen LogP contribution in [-0.2, 0) is 6.42 Å². The van der Waals surface area contributed by atoms with E-state index in [9.17, 15) is 13.2 Å². The number of nitrogens with zero attached hydrogens (tertiary/aromatic N) is 1. The molecule has 0 aromatic carbocycles. The van der Waals surface area contributed by atoms with Crippen LogP contribution in [-0.4, -0.2) is 11.3 Å². The van der Waals surface area contributed by atoms with E-state index in [1.807, 2.05) is 13.8 Å². The lowest BCUT2D eigenvalue weighted by Gasteiger charge is -2.07. The first-order chi connectivity index (χ1) is 7.01. The first-order valence-electron chi connectivity index (χ1n) is 4.73. The summed E-state index contributed by atoms with van der Waals surface area (Å²) in [6.45, 7) is 5.81. The van der Waals surface area contributed by atoms with Crippen molar-refractivity contribution in [2.24, 2.45) is 0 Å². The van der Waals surface area contributed by atoms with Crippen molar-refractivity contribution in [2.75, 3.05) is 0 Å². The number of halogens is 3. The monoisotopic (exact) mass is 221 g/mol. The molecular weight excluding hydrogens is 207 g/mol. The minimum absolute atomic E-state index is 0.410. The molecule has 0 aliphatic carbocycles. The van der Waals surface area contributed by atoms with Crippen molar-refractivity contribution in [1.82, 2.24) is 4.98 Å². The van der Waals surface area contributed by atoms with Gasteiger partial charge in [0.1, 0.15) is 0 Å². The predicted molar refractivity (Wildman–Crippen MR) is 51.6 cm³/mol. The van der Waals surface area contributed by atoms with Crippen LogP contribution in [0.4, 0.5) is 13.2 Å². The maximum atomic E-state index is 11.7. The SMILES string of the molecule is CC.CCc1cccc(OC(F)(F)F)n1. The summed E-state index contributed by atoms with van der Waals surface area (Å²) in [5.41, 5.74) is 0.571. The summed E-state index contributed by atoms with van der Waals surface area (Å²) in [4.78, 5) is 3.63. The molecule has 0 atom stereocenters. The van der Waals surface area contributed by atoms with Crippen molar-refractivity contribution >= 4 is 0 Å². The number of ether oxygens (including phenoxy) is 1. The zero-order valence-electron chi connectivity index (χ0n) is 8.93. The van der Waals surface area contributed by atoms with E-state index in [1.54, 1.807) is 13.0 Å². The van der Waals surface area contributed by atoms with Crippen molar-refractivity contribution in [1.29, 1.82) is 0 Å². The molecule has 2 nitrogen and oxygen atoms in total. The van der Waals surface area contributed by atoms with Gasteiger partial charge in [0.05, 0.1) is 0 Å². The minimum atomic E-state index is -4.67. The third-order valence-corrected chi connectivity index (χ3v) is 1.36. The van der Waals surface area contributed by atoms with Crippen LogP contribution < -0.4 is 4.74 Å². The Morgan fingerprint density at radius 2 is 1.87 bits per heavy atom. The van der Waals surface area contributed by atoms with Gasteiger partial charge in [0.15, 0.2) is 0 Å². The lowest BCUT2D eigenvalue weighted by atomic mass is 10.3. The Balaban J connectivity index is 0.000000921. The van der Waals surface area contributed by atoms with E-state index in [1.165, 1.54) is 12.1 Å². The fourth-order valence-corrected chi connectivity index (χ4v) is 0.830. The molecule has 0 aliphatic rings. The average molecular weight is 221 g/mol. The molecule has 0 spiro atoms. The van der Waals surface area contributed by atoms with Crippen LogP contribution in [0.25, 0.3) is 0 Å². The van der Waals surface area contributed by atoms with Gasteiger partial charge in [0, 0.05) is 11.8 Å². The summed E-state index contributed by atoms with van der Waals surface area (Å²) in [5.74, 6) is -0.410. The van der Waals surface area contributed by atoms with E-state index in [4.69, 9.17) is 0 Å². The van der Waals surface area contributed by atoms with E-state index < -0.39 is 12.2 Å². The molecule has 1 heterocycles. The van der Waals surface area contributed by atoms with Crippen LogP contribution in [0.3, 0.4) is 0 Å². The average Bonchev–Trinajstić information content (AvgIpc) is 2.19. The van der Waals surface area contributed by atoms with Crippen LogP contribution in [0, 0.1) is 0 Å². The number of hydrogen-bond acceptors (Lipinski definition) is 2. The highest BCUT2D eigenvalue weighted by atomic mass is 19.4. The van der Waals surface area contributed by atoms with Crippen molar-refractivity contribution in [3.63, 3.8) is 0 Å². The van der Waals surface area contributed by atoms with Crippen LogP contribution in [0.15, 0.2) is 18.2 Å². The zero-order valence-corrected chi connectivity index (χ0v) is 8.93. The van der Waals surface area contributed by atoms with Gasteiger partial charge in [-0.05, 0) is 12.5 Å². The Labute approximate surface area is 87.1 Å². The normalized spacial score (nSPS) is 10.3. The Kier molecular flexibility index (Phi) is 5.74. The Hall–Kier alpha value is -1.26. The third-order valence-electron chi connectivity index (χ3n) is 1.36. The molecule has 0 saturated heterocycles. The lowest BCUT2D eigenvalue weighted by molar-refractivity contribution is -0.276. The second kappa shape index (κ2) is 6.27. The minimum Gasteiger partial charge on any atom is -0.388 e. The van der Waals surface area contributed by atoms with Gasteiger partial charge in [0.25, 0.3) is 0 Å². The number of aromatic nitrogens is 1. The second-order valence-electron chi connectivity index (χ2n) is 2.37. The number of aryl methyl sites for hydroxylation is 1. The smallest absolute Gasteiger partial charge is 0.388 e. The molecule has 0 fully saturated rings. The number of alkyl halides is 3. The molecule has 0 unspecified atom stereocenters. The van der Waals surface area contributed by atoms with Gasteiger partial charge < -0.3 is 4.74 Å². The van der Waals surface area contributed by atoms with Gasteiger partial charge in [-0.25, -0.2) is 4.98 Å². The molecule has 0 amide bonds. The molecule has 1 aromatic rings. The Morgan fingerprint density at radius 1 is 1.27 bits per heavy atom. The van der Waals surface area contributed by atoms with E-state index in [-0.39, 0.29) is 0 Å². The van der Waals surface area contributed by atoms with Gasteiger partial charge in [-0.15, -0.1) is 13.2 Å². The Morgan fingerprint density at radius 3 is 2.33 bits per heavy atom. The quantitative estimate of drug-likeness (QED) is 0.761. The first kappa shape index (κ1) is 13.7. The molecule has 15 heavy (non-hydrogen) atoms. The molecule has 0 bridgehead atoms. The molecule has 0 radical (unpaired) electrons. The fraction of sp³-hybridized carbons (Fsp3) is 0.500. The van der Waals surface area contributed by atoms with E-state index >= 15 is 0 Å². The van der Waals surface area contributed by atoms with Crippen molar-refractivity contribution in [3.05, 3.63) is 23.9 Å². The summed E-state index contributed by atoms with van der Waals surface area (Å²) < 4.78 is 38.8. The summed E-state index contributed by atoms with van der Waals surface area (Å²) in [6.07, 6.45) is -4.09. The fourth-order valence-electron chi connectivity index (χ4n) is 0.830. The maximum Gasteiger partial charge on any atom is 0.574 e. The van der Waals surface area contributed by atoms with Crippen LogP contribution in [0.2, 0.25) is 0 Å². The van der Waals surface area contributed by atoms with Crippen molar-refractivity contribution < 1.29 is 17.9 Å². The summed E-state index contributed by atoms with van der Waals surface area (Å²) in [7, 11) is 0. The standard InChI is InChI=1S/C8H8F3NO.C2H6/c1-2-6-4-3-5-7(12-6)13-8(9,10)11;1-2/h3-5H,2H2,1H3;1-2H3. The highest BCUT2D eigenvalue weighted by Gasteiger charge is 2.31. The van der Waals surface area contributed by atoms with Gasteiger partial charge in [-0.3, -0.25) is 0 Å². The van der Waals surface area contributed by atoms with Crippen LogP contribution in [0.1, 0.15) is 26.5 Å². The molecule has 0 saturated carbocycles. The lowest BCUT2D eigenvalue weighted by Crippen LogP contribution is -2.18. The van der Waals surface area contributed by atoms with Crippen LogP contribution in [0.5, 0.6) is 5.88 Å². The van der Waals surface area contributed by atoms with Gasteiger partial charge in [-0.2, -0.15) is 0 Å². The molecule has 0 N–H and O–H groups in total. The van der Waals surface area contributed by atoms with Gasteiger partial charge in [-0.1, -0.05) is 26.8 Å². The molecular formula is C10H14F3NO. The number of pyridine rings is 1.